The molecular weight excluding hydrogens is 616 g/mol. The van der Waals surface area contributed by atoms with Gasteiger partial charge in [-0.15, -0.1) is 0 Å². The molecule has 4 atom stereocenters. The Bertz CT molecular complexity index is 1250. The van der Waals surface area contributed by atoms with Gasteiger partial charge in [0.1, 0.15) is 18.7 Å². The second-order valence-electron chi connectivity index (χ2n) is 12.6. The van der Waals surface area contributed by atoms with E-state index in [-0.39, 0.29) is 42.1 Å². The van der Waals surface area contributed by atoms with E-state index in [9.17, 15) is 24.4 Å². The van der Waals surface area contributed by atoms with E-state index in [1.54, 1.807) is 4.90 Å². The molecule has 0 spiro atoms. The van der Waals surface area contributed by atoms with Crippen LogP contribution >= 0.6 is 0 Å². The molecule has 7 rings (SSSR count). The average Bonchev–Trinajstić information content (AvgIpc) is 3.49. The third kappa shape index (κ3) is 7.96. The van der Waals surface area contributed by atoms with Gasteiger partial charge in [-0.25, -0.2) is 25.6 Å². The number of rotatable bonds is 9. The second-order valence-corrected chi connectivity index (χ2v) is 12.6. The van der Waals surface area contributed by atoms with Gasteiger partial charge in [-0.2, -0.15) is 5.06 Å². The number of amides is 6. The van der Waals surface area contributed by atoms with Crippen molar-refractivity contribution >= 4 is 23.9 Å². The molecule has 6 aliphatic heterocycles. The number of hydrogen-bond acceptors (Lipinski definition) is 10. The molecule has 6 aliphatic rings. The number of nitrogens with zero attached hydrogens (tertiary/aromatic N) is 4. The molecule has 0 aliphatic carbocycles. The lowest BCUT2D eigenvalue weighted by molar-refractivity contribution is -0.149. The molecule has 6 amide bonds. The number of carbonyl (C=O) groups excluding carboxylic acids is 4. The van der Waals surface area contributed by atoms with E-state index in [0.717, 1.165) is 42.7 Å². The minimum Gasteiger partial charge on any atom is -0.381 e. The highest BCUT2D eigenvalue weighted by Gasteiger charge is 2.48. The quantitative estimate of drug-likeness (QED) is 0.260. The summed E-state index contributed by atoms with van der Waals surface area (Å²) < 4.78 is 10.5. The Morgan fingerprint density at radius 2 is 1.23 bits per heavy atom. The van der Waals surface area contributed by atoms with Gasteiger partial charge in [0.05, 0.1) is 24.3 Å². The third-order valence-corrected chi connectivity index (χ3v) is 9.47. The Kier molecular flexibility index (Phi) is 11.1. The maximum Gasteiger partial charge on any atom is 0.345 e. The van der Waals surface area contributed by atoms with Gasteiger partial charge in [0.15, 0.2) is 0 Å². The summed E-state index contributed by atoms with van der Waals surface area (Å²) in [6, 6.07) is 7.69. The topological polar surface area (TPSA) is 172 Å². The zero-order valence-electron chi connectivity index (χ0n) is 26.4. The summed E-state index contributed by atoms with van der Waals surface area (Å²) in [5, 5.41) is 11.7. The van der Waals surface area contributed by atoms with Gasteiger partial charge in [0.2, 0.25) is 0 Å². The molecule has 3 N–H and O–H groups in total. The highest BCUT2D eigenvalue weighted by atomic mass is 16.7. The first kappa shape index (κ1) is 33.4. The summed E-state index contributed by atoms with van der Waals surface area (Å²) in [4.78, 5) is 68.8. The Balaban J connectivity index is 0.000000172. The Hall–Kier alpha value is -3.54. The number of carbonyl (C=O) groups is 4. The fourth-order valence-corrected chi connectivity index (χ4v) is 6.72. The van der Waals surface area contributed by atoms with Crippen LogP contribution in [0.2, 0.25) is 0 Å². The molecule has 47 heavy (non-hydrogen) atoms. The van der Waals surface area contributed by atoms with Gasteiger partial charge in [0.25, 0.3) is 11.8 Å². The number of fused-ring (bicyclic) bond motifs is 4. The van der Waals surface area contributed by atoms with E-state index in [1.807, 2.05) is 30.3 Å². The number of ether oxygens (including phenoxy) is 2. The van der Waals surface area contributed by atoms with Gasteiger partial charge < -0.3 is 19.3 Å². The maximum absolute atomic E-state index is 12.7. The highest BCUT2D eigenvalue weighted by molar-refractivity contribution is 5.88. The molecule has 0 unspecified atom stereocenters. The van der Waals surface area contributed by atoms with Crippen molar-refractivity contribution in [2.75, 3.05) is 39.5 Å². The smallest absolute Gasteiger partial charge is 0.345 e. The maximum atomic E-state index is 12.7. The third-order valence-electron chi connectivity index (χ3n) is 9.47. The van der Waals surface area contributed by atoms with Crippen molar-refractivity contribution in [1.29, 1.82) is 0 Å². The molecule has 258 valence electrons. The molecule has 6 saturated heterocycles. The molecule has 6 fully saturated rings. The highest BCUT2D eigenvalue weighted by Crippen LogP contribution is 2.31. The molecule has 0 aromatic heterocycles. The van der Waals surface area contributed by atoms with Crippen molar-refractivity contribution in [2.45, 2.75) is 94.3 Å². The molecule has 4 bridgehead atoms. The van der Waals surface area contributed by atoms with E-state index >= 15 is 0 Å². The number of nitrogens with one attached hydrogen (secondary N) is 2. The van der Waals surface area contributed by atoms with Crippen LogP contribution in [-0.4, -0.2) is 125 Å². The van der Waals surface area contributed by atoms with Crippen LogP contribution in [0.5, 0.6) is 0 Å². The molecule has 1 aromatic carbocycles. The minimum absolute atomic E-state index is 0.0123. The van der Waals surface area contributed by atoms with Crippen LogP contribution in [0.4, 0.5) is 9.59 Å². The van der Waals surface area contributed by atoms with Gasteiger partial charge >= 0.3 is 12.1 Å². The predicted molar refractivity (Wildman–Crippen MR) is 161 cm³/mol. The van der Waals surface area contributed by atoms with Crippen molar-refractivity contribution in [3.05, 3.63) is 35.9 Å². The van der Waals surface area contributed by atoms with Gasteiger partial charge in [0, 0.05) is 39.5 Å². The number of piperidine rings is 2. The molecule has 0 saturated carbocycles. The van der Waals surface area contributed by atoms with Crippen LogP contribution in [0.3, 0.4) is 0 Å². The summed E-state index contributed by atoms with van der Waals surface area (Å²) in [6.45, 7) is 3.79. The Morgan fingerprint density at radius 1 is 0.723 bits per heavy atom. The standard InChI is InChI=1S/C19H25N3O5.C12H19N3O5/c23-18(20-27-16-8-10-25-11-9-16)17-7-6-15-12-21(17)19(24)22(15)26-13-14-4-2-1-3-5-14;16-11(13-20-9-3-5-19-6-4-9)10-2-1-8-7-14(10)12(17)15(8)18/h1-5,15-17H,6-13H2,(H,20,23);8-10,18H,1-7H2,(H,13,16)/t15-,17+;8-,10+/m11/s1. The van der Waals surface area contributed by atoms with Crippen LogP contribution in [-0.2, 0) is 40.2 Å². The number of benzene rings is 1. The molecule has 6 heterocycles. The van der Waals surface area contributed by atoms with Crippen molar-refractivity contribution < 1.29 is 48.4 Å². The zero-order valence-corrected chi connectivity index (χ0v) is 26.4. The van der Waals surface area contributed by atoms with E-state index < -0.39 is 18.1 Å². The van der Waals surface area contributed by atoms with E-state index in [0.29, 0.717) is 65.4 Å². The lowest BCUT2D eigenvalue weighted by Gasteiger charge is -2.30. The van der Waals surface area contributed by atoms with Crippen LogP contribution in [0.25, 0.3) is 0 Å². The minimum atomic E-state index is -0.559. The fourth-order valence-electron chi connectivity index (χ4n) is 6.72. The first-order valence-corrected chi connectivity index (χ1v) is 16.5. The van der Waals surface area contributed by atoms with Gasteiger partial charge in [-0.3, -0.25) is 29.3 Å². The molecule has 16 heteroatoms. The van der Waals surface area contributed by atoms with Crippen LogP contribution in [0.1, 0.15) is 56.9 Å². The fraction of sp³-hybridized carbons (Fsp3) is 0.677. The van der Waals surface area contributed by atoms with Crippen LogP contribution < -0.4 is 11.0 Å². The lowest BCUT2D eigenvalue weighted by Crippen LogP contribution is -2.50. The van der Waals surface area contributed by atoms with E-state index in [4.69, 9.17) is 24.0 Å². The van der Waals surface area contributed by atoms with E-state index in [2.05, 4.69) is 11.0 Å². The number of hydroxylamine groups is 6. The average molecular weight is 661 g/mol. The van der Waals surface area contributed by atoms with Crippen LogP contribution in [0, 0.1) is 0 Å². The van der Waals surface area contributed by atoms with Crippen molar-refractivity contribution in [2.24, 2.45) is 0 Å². The summed E-state index contributed by atoms with van der Waals surface area (Å²) in [6.07, 6.45) is 5.45. The van der Waals surface area contributed by atoms with Crippen molar-refractivity contribution in [3.63, 3.8) is 0 Å². The largest absolute Gasteiger partial charge is 0.381 e. The second kappa shape index (κ2) is 15.6. The summed E-state index contributed by atoms with van der Waals surface area (Å²) in [5.41, 5.74) is 6.00. The molecule has 0 radical (unpaired) electrons. The van der Waals surface area contributed by atoms with Gasteiger partial charge in [-0.05, 0) is 56.9 Å². The SMILES string of the molecule is O=C(NOC1CCOCC1)[C@@H]1CC[C@@H]2CN1C(=O)N2O.O=C(NOC1CCOCC1)[C@@H]1CC[C@@H]2CN1C(=O)N2OCc1ccccc1. The summed E-state index contributed by atoms with van der Waals surface area (Å²) in [7, 11) is 0. The first-order chi connectivity index (χ1) is 22.9. The van der Waals surface area contributed by atoms with Gasteiger partial charge in [-0.1, -0.05) is 30.3 Å². The molecule has 1 aromatic rings. The predicted octanol–water partition coefficient (Wildman–Crippen LogP) is 1.48. The summed E-state index contributed by atoms with van der Waals surface area (Å²) >= 11 is 0. The van der Waals surface area contributed by atoms with Crippen LogP contribution in [0.15, 0.2) is 30.3 Å². The Labute approximate surface area is 272 Å². The number of urea groups is 2. The van der Waals surface area contributed by atoms with Crippen molar-refractivity contribution in [1.82, 2.24) is 30.9 Å². The zero-order chi connectivity index (χ0) is 32.8. The molecule has 16 nitrogen and oxygen atoms in total. The number of hydrogen-bond donors (Lipinski definition) is 3. The van der Waals surface area contributed by atoms with Crippen molar-refractivity contribution in [3.8, 4) is 0 Å². The molecular formula is C31H44N6O10. The normalized spacial score (nSPS) is 27.9. The Morgan fingerprint density at radius 3 is 1.81 bits per heavy atom. The van der Waals surface area contributed by atoms with E-state index in [1.165, 1.54) is 9.96 Å². The lowest BCUT2D eigenvalue weighted by atomic mass is 10.0. The monoisotopic (exact) mass is 660 g/mol. The first-order valence-electron chi connectivity index (χ1n) is 16.5. The summed E-state index contributed by atoms with van der Waals surface area (Å²) in [5.74, 6) is -0.586.